The number of hydrogen-bond acceptors (Lipinski definition) is 3. The third kappa shape index (κ3) is 3.93. The molecule has 0 saturated heterocycles. The van der Waals surface area contributed by atoms with Gasteiger partial charge in [-0.25, -0.2) is 9.18 Å². The Bertz CT molecular complexity index is 629. The second kappa shape index (κ2) is 6.71. The van der Waals surface area contributed by atoms with Crippen molar-refractivity contribution in [2.75, 3.05) is 17.7 Å². The van der Waals surface area contributed by atoms with Crippen molar-refractivity contribution in [3.8, 4) is 5.75 Å². The van der Waals surface area contributed by atoms with Crippen LogP contribution in [0.5, 0.6) is 5.75 Å². The summed E-state index contributed by atoms with van der Waals surface area (Å²) >= 11 is 0. The number of rotatable bonds is 4. The smallest absolute Gasteiger partial charge is 0.323 e. The number of hydrogen-bond donors (Lipinski definition) is 3. The van der Waals surface area contributed by atoms with E-state index in [4.69, 9.17) is 10.5 Å². The van der Waals surface area contributed by atoms with Gasteiger partial charge in [0.2, 0.25) is 0 Å². The number of nitrogens with one attached hydrogen (secondary N) is 2. The van der Waals surface area contributed by atoms with Crippen molar-refractivity contribution in [1.82, 2.24) is 0 Å². The minimum atomic E-state index is -0.444. The Morgan fingerprint density at radius 2 is 1.90 bits per heavy atom. The second-order valence-corrected chi connectivity index (χ2v) is 4.32. The first-order valence-corrected chi connectivity index (χ1v) is 6.33. The normalized spacial score (nSPS) is 10.0. The molecule has 2 aromatic rings. The molecule has 0 spiro atoms. The Hall–Kier alpha value is -2.60. The third-order valence-corrected chi connectivity index (χ3v) is 2.86. The Morgan fingerprint density at radius 3 is 2.52 bits per heavy atom. The zero-order valence-electron chi connectivity index (χ0n) is 11.5. The molecule has 0 bridgehead atoms. The van der Waals surface area contributed by atoms with Gasteiger partial charge in [-0.05, 0) is 29.8 Å². The van der Waals surface area contributed by atoms with Gasteiger partial charge in [0.1, 0.15) is 11.6 Å². The fraction of sp³-hybridized carbons (Fsp3) is 0.133. The lowest BCUT2D eigenvalue weighted by Crippen LogP contribution is -2.19. The monoisotopic (exact) mass is 289 g/mol. The summed E-state index contributed by atoms with van der Waals surface area (Å²) < 4.78 is 18.1. The molecule has 0 saturated carbocycles. The molecule has 2 rings (SSSR count). The van der Waals surface area contributed by atoms with Gasteiger partial charge in [0.05, 0.1) is 12.8 Å². The Morgan fingerprint density at radius 1 is 1.19 bits per heavy atom. The highest BCUT2D eigenvalue weighted by Crippen LogP contribution is 2.25. The molecular weight excluding hydrogens is 273 g/mol. The van der Waals surface area contributed by atoms with E-state index in [2.05, 4.69) is 10.6 Å². The van der Waals surface area contributed by atoms with E-state index in [9.17, 15) is 9.18 Å². The lowest BCUT2D eigenvalue weighted by atomic mass is 10.2. The Labute approximate surface area is 121 Å². The first-order chi connectivity index (χ1) is 10.1. The summed E-state index contributed by atoms with van der Waals surface area (Å²) in [6.45, 7) is 0.444. The molecule has 0 fully saturated rings. The largest absolute Gasteiger partial charge is 0.494 e. The van der Waals surface area contributed by atoms with Crippen molar-refractivity contribution in [2.45, 2.75) is 6.54 Å². The van der Waals surface area contributed by atoms with Crippen LogP contribution < -0.4 is 21.1 Å². The van der Waals surface area contributed by atoms with Gasteiger partial charge in [-0.1, -0.05) is 12.1 Å². The number of carbonyl (C=O) groups excluding carboxylic acids is 1. The minimum absolute atomic E-state index is 0.253. The quantitative estimate of drug-likeness (QED) is 0.810. The van der Waals surface area contributed by atoms with Crippen LogP contribution in [0.25, 0.3) is 0 Å². The van der Waals surface area contributed by atoms with Crippen molar-refractivity contribution >= 4 is 17.4 Å². The molecule has 5 nitrogen and oxygen atoms in total. The zero-order chi connectivity index (χ0) is 15.2. The molecular formula is C15H16FN3O2. The maximum absolute atomic E-state index is 13.1. The van der Waals surface area contributed by atoms with Crippen LogP contribution in [0, 0.1) is 5.82 Å². The number of nitrogens with two attached hydrogens (primary N) is 1. The van der Waals surface area contributed by atoms with Crippen molar-refractivity contribution in [1.29, 1.82) is 0 Å². The topological polar surface area (TPSA) is 76.4 Å². The molecule has 2 aromatic carbocycles. The molecule has 21 heavy (non-hydrogen) atoms. The van der Waals surface area contributed by atoms with Gasteiger partial charge >= 0.3 is 6.03 Å². The molecule has 0 aliphatic carbocycles. The van der Waals surface area contributed by atoms with Crippen LogP contribution in [0.4, 0.5) is 20.6 Å². The van der Waals surface area contributed by atoms with Crippen LogP contribution in [0.15, 0.2) is 42.5 Å². The van der Waals surface area contributed by atoms with Gasteiger partial charge in [0.25, 0.3) is 0 Å². The highest BCUT2D eigenvalue weighted by atomic mass is 19.1. The number of urea groups is 1. The Balaban J connectivity index is 2.04. The molecule has 110 valence electrons. The summed E-state index contributed by atoms with van der Waals surface area (Å²) in [5.41, 5.74) is 7.49. The van der Waals surface area contributed by atoms with Crippen molar-refractivity contribution in [3.63, 3.8) is 0 Å². The van der Waals surface area contributed by atoms with E-state index < -0.39 is 11.8 Å². The van der Waals surface area contributed by atoms with E-state index in [0.717, 1.165) is 5.56 Å². The van der Waals surface area contributed by atoms with Gasteiger partial charge in [0, 0.05) is 18.3 Å². The van der Waals surface area contributed by atoms with E-state index in [-0.39, 0.29) is 5.75 Å². The number of methoxy groups -OCH3 is 1. The molecule has 2 amide bonds. The molecule has 0 aromatic heterocycles. The average molecular weight is 289 g/mol. The van der Waals surface area contributed by atoms with Crippen LogP contribution in [0.3, 0.4) is 0 Å². The molecule has 0 aliphatic rings. The van der Waals surface area contributed by atoms with Gasteiger partial charge in [-0.2, -0.15) is 0 Å². The molecule has 0 unspecified atom stereocenters. The number of benzene rings is 2. The zero-order valence-corrected chi connectivity index (χ0v) is 11.5. The predicted octanol–water partition coefficient (Wildman–Crippen LogP) is 2.94. The van der Waals surface area contributed by atoms with Crippen molar-refractivity contribution < 1.29 is 13.9 Å². The fourth-order valence-corrected chi connectivity index (χ4v) is 1.78. The molecule has 0 radical (unpaired) electrons. The number of ether oxygens (including phenoxy) is 1. The van der Waals surface area contributed by atoms with Crippen LogP contribution in [-0.2, 0) is 6.54 Å². The van der Waals surface area contributed by atoms with Crippen LogP contribution in [0.2, 0.25) is 0 Å². The number of halogens is 1. The molecule has 0 aliphatic heterocycles. The van der Waals surface area contributed by atoms with E-state index in [1.54, 1.807) is 12.1 Å². The first-order valence-electron chi connectivity index (χ1n) is 6.33. The molecule has 0 atom stereocenters. The average Bonchev–Trinajstić information content (AvgIpc) is 2.49. The third-order valence-electron chi connectivity index (χ3n) is 2.86. The summed E-state index contributed by atoms with van der Waals surface area (Å²) in [5, 5.41) is 5.27. The number of amides is 2. The number of carbonyl (C=O) groups is 1. The van der Waals surface area contributed by atoms with E-state index >= 15 is 0 Å². The fourth-order valence-electron chi connectivity index (χ4n) is 1.78. The van der Waals surface area contributed by atoms with Crippen molar-refractivity contribution in [3.05, 3.63) is 53.8 Å². The maximum Gasteiger partial charge on any atom is 0.323 e. The van der Waals surface area contributed by atoms with E-state index in [1.807, 2.05) is 12.1 Å². The molecule has 6 heteroatoms. The summed E-state index contributed by atoms with van der Waals surface area (Å²) in [7, 11) is 1.41. The highest BCUT2D eigenvalue weighted by Gasteiger charge is 2.08. The van der Waals surface area contributed by atoms with Gasteiger partial charge in [-0.15, -0.1) is 0 Å². The van der Waals surface area contributed by atoms with Gasteiger partial charge < -0.3 is 21.1 Å². The standard InChI is InChI=1S/C15H16FN3O2/c1-21-14-8-11(16)4-7-13(14)19-15(20)18-12-5-2-10(9-17)3-6-12/h2-8H,9,17H2,1H3,(H2,18,19,20). The van der Waals surface area contributed by atoms with Crippen LogP contribution in [0.1, 0.15) is 5.56 Å². The van der Waals surface area contributed by atoms with Crippen molar-refractivity contribution in [2.24, 2.45) is 5.73 Å². The number of anilines is 2. The summed E-state index contributed by atoms with van der Waals surface area (Å²) in [6, 6.07) is 10.6. The van der Waals surface area contributed by atoms with Crippen LogP contribution >= 0.6 is 0 Å². The lowest BCUT2D eigenvalue weighted by molar-refractivity contribution is 0.262. The summed E-state index contributed by atoms with van der Waals surface area (Å²) in [4.78, 5) is 11.9. The van der Waals surface area contributed by atoms with E-state index in [1.165, 1.54) is 25.3 Å². The van der Waals surface area contributed by atoms with Gasteiger partial charge in [0.15, 0.2) is 0 Å². The predicted molar refractivity (Wildman–Crippen MR) is 79.9 cm³/mol. The lowest BCUT2D eigenvalue weighted by Gasteiger charge is -2.11. The maximum atomic E-state index is 13.1. The highest BCUT2D eigenvalue weighted by molar-refractivity contribution is 6.00. The molecule has 0 heterocycles. The van der Waals surface area contributed by atoms with E-state index in [0.29, 0.717) is 17.9 Å². The first kappa shape index (κ1) is 14.8. The van der Waals surface area contributed by atoms with Crippen LogP contribution in [-0.4, -0.2) is 13.1 Å². The van der Waals surface area contributed by atoms with Gasteiger partial charge in [-0.3, -0.25) is 0 Å². The summed E-state index contributed by atoms with van der Waals surface area (Å²) in [5.74, 6) is -0.182. The molecule has 4 N–H and O–H groups in total. The SMILES string of the molecule is COc1cc(F)ccc1NC(=O)Nc1ccc(CN)cc1. The summed E-state index contributed by atoms with van der Waals surface area (Å²) in [6.07, 6.45) is 0. The second-order valence-electron chi connectivity index (χ2n) is 4.32. The minimum Gasteiger partial charge on any atom is -0.494 e. The Kier molecular flexibility index (Phi) is 4.73.